The van der Waals surface area contributed by atoms with Crippen LogP contribution in [-0.2, 0) is 24.1 Å². The highest BCUT2D eigenvalue weighted by Crippen LogP contribution is 2.37. The van der Waals surface area contributed by atoms with Crippen molar-refractivity contribution in [3.8, 4) is 11.5 Å². The first kappa shape index (κ1) is 22.1. The Labute approximate surface area is 176 Å². The van der Waals surface area contributed by atoms with E-state index in [1.54, 1.807) is 30.3 Å². The smallest absolute Gasteiger partial charge is 0.419 e. The number of ether oxygens (including phenoxy) is 2. The lowest BCUT2D eigenvalue weighted by Crippen LogP contribution is -2.24. The van der Waals surface area contributed by atoms with E-state index in [1.165, 1.54) is 31.4 Å². The van der Waals surface area contributed by atoms with E-state index >= 15 is 0 Å². The molecule has 6 nitrogen and oxygen atoms in total. The number of carbonyl (C=O) groups excluding carboxylic acids is 1. The van der Waals surface area contributed by atoms with Crippen molar-refractivity contribution in [2.75, 3.05) is 12.8 Å². The number of hydrogen-bond acceptors (Lipinski definition) is 5. The van der Waals surface area contributed by atoms with Crippen LogP contribution in [0.5, 0.6) is 11.5 Å². The molecule has 9 heteroatoms. The van der Waals surface area contributed by atoms with Gasteiger partial charge in [-0.15, -0.1) is 0 Å². The van der Waals surface area contributed by atoms with E-state index in [-0.39, 0.29) is 36.0 Å². The van der Waals surface area contributed by atoms with E-state index in [0.29, 0.717) is 11.3 Å². The first-order valence-electron chi connectivity index (χ1n) is 9.23. The van der Waals surface area contributed by atoms with Crippen molar-refractivity contribution in [1.29, 1.82) is 0 Å². The predicted octanol–water partition coefficient (Wildman–Crippen LogP) is 4.55. The maximum absolute atomic E-state index is 13.2. The second kappa shape index (κ2) is 9.48. The second-order valence-electron chi connectivity index (χ2n) is 6.59. The molecule has 0 fully saturated rings. The second-order valence-corrected chi connectivity index (χ2v) is 6.59. The van der Waals surface area contributed by atoms with E-state index < -0.39 is 17.6 Å². The molecular formula is C22H20F3N3O3. The molecule has 162 valence electrons. The number of alkyl halides is 3. The molecule has 0 unspecified atom stereocenters. The lowest BCUT2D eigenvalue weighted by molar-refractivity contribution is -0.138. The number of nitrogens with zero attached hydrogens (tertiary/aromatic N) is 1. The molecule has 3 rings (SSSR count). The third kappa shape index (κ3) is 5.73. The lowest BCUT2D eigenvalue weighted by Gasteiger charge is -2.14. The number of amides is 1. The van der Waals surface area contributed by atoms with Crippen molar-refractivity contribution in [1.82, 2.24) is 10.3 Å². The van der Waals surface area contributed by atoms with Gasteiger partial charge in [-0.1, -0.05) is 24.3 Å². The summed E-state index contributed by atoms with van der Waals surface area (Å²) in [6.45, 7) is 0.395. The summed E-state index contributed by atoms with van der Waals surface area (Å²) in [5, 5.41) is 2.71. The normalized spacial score (nSPS) is 11.2. The van der Waals surface area contributed by atoms with E-state index in [1.807, 2.05) is 0 Å². The maximum atomic E-state index is 13.2. The molecule has 3 N–H and O–H groups in total. The standard InChI is InChI=1S/C22H20F3N3O3/c1-30-13-15-9-10-17(20(26)28-15)21(29)27-12-14-5-4-6-16(11-14)31-19-8-3-2-7-18(19)22(23,24)25/h2-11H,12-13H2,1H3,(H2,26,28)(H,27,29). The molecule has 31 heavy (non-hydrogen) atoms. The van der Waals surface area contributed by atoms with Gasteiger partial charge in [0.05, 0.1) is 23.4 Å². The SMILES string of the molecule is COCc1ccc(C(=O)NCc2cccc(Oc3ccccc3C(F)(F)F)c2)c(N)n1. The molecule has 1 heterocycles. The minimum absolute atomic E-state index is 0.0768. The monoisotopic (exact) mass is 431 g/mol. The van der Waals surface area contributed by atoms with E-state index in [4.69, 9.17) is 15.2 Å². The molecule has 0 atom stereocenters. The number of aromatic nitrogens is 1. The Kier molecular flexibility index (Phi) is 6.76. The number of nitrogens with one attached hydrogen (secondary N) is 1. The number of para-hydroxylation sites is 1. The van der Waals surface area contributed by atoms with Crippen LogP contribution in [0.2, 0.25) is 0 Å². The Morgan fingerprint density at radius 3 is 2.58 bits per heavy atom. The van der Waals surface area contributed by atoms with Gasteiger partial charge >= 0.3 is 6.18 Å². The summed E-state index contributed by atoms with van der Waals surface area (Å²) in [4.78, 5) is 16.5. The number of hydrogen-bond donors (Lipinski definition) is 2. The molecule has 1 amide bonds. The van der Waals surface area contributed by atoms with Gasteiger partial charge in [-0.3, -0.25) is 4.79 Å². The van der Waals surface area contributed by atoms with Crippen molar-refractivity contribution in [3.05, 3.63) is 83.0 Å². The number of benzene rings is 2. The third-order valence-corrected chi connectivity index (χ3v) is 4.29. The van der Waals surface area contributed by atoms with Crippen LogP contribution in [-0.4, -0.2) is 18.0 Å². The van der Waals surface area contributed by atoms with Gasteiger partial charge in [-0.25, -0.2) is 4.98 Å². The quantitative estimate of drug-likeness (QED) is 0.573. The van der Waals surface area contributed by atoms with Gasteiger partial charge in [-0.05, 0) is 42.0 Å². The summed E-state index contributed by atoms with van der Waals surface area (Å²) in [7, 11) is 1.53. The van der Waals surface area contributed by atoms with Crippen molar-refractivity contribution in [2.24, 2.45) is 0 Å². The topological polar surface area (TPSA) is 86.5 Å². The van der Waals surface area contributed by atoms with Crippen LogP contribution in [0.4, 0.5) is 19.0 Å². The molecule has 0 aliphatic carbocycles. The number of carbonyl (C=O) groups is 1. The molecule has 0 bridgehead atoms. The van der Waals surface area contributed by atoms with Crippen LogP contribution in [0.1, 0.15) is 27.2 Å². The molecule has 0 aliphatic heterocycles. The summed E-state index contributed by atoms with van der Waals surface area (Å²) >= 11 is 0. The summed E-state index contributed by atoms with van der Waals surface area (Å²) in [5.41, 5.74) is 6.42. The zero-order chi connectivity index (χ0) is 22.4. The molecule has 0 saturated carbocycles. The Morgan fingerprint density at radius 1 is 1.10 bits per heavy atom. The molecule has 0 spiro atoms. The van der Waals surface area contributed by atoms with Crippen LogP contribution < -0.4 is 15.8 Å². The first-order chi connectivity index (χ1) is 14.8. The Balaban J connectivity index is 1.69. The maximum Gasteiger partial charge on any atom is 0.419 e. The number of halogens is 3. The van der Waals surface area contributed by atoms with Gasteiger partial charge in [-0.2, -0.15) is 13.2 Å². The third-order valence-electron chi connectivity index (χ3n) is 4.29. The molecule has 0 radical (unpaired) electrons. The average molecular weight is 431 g/mol. The predicted molar refractivity (Wildman–Crippen MR) is 108 cm³/mol. The highest BCUT2D eigenvalue weighted by atomic mass is 19.4. The molecular weight excluding hydrogens is 411 g/mol. The fraction of sp³-hybridized carbons (Fsp3) is 0.182. The van der Waals surface area contributed by atoms with Gasteiger partial charge in [0.1, 0.15) is 17.3 Å². The Bertz CT molecular complexity index is 1070. The molecule has 2 aromatic carbocycles. The van der Waals surface area contributed by atoms with Gasteiger partial charge < -0.3 is 20.5 Å². The van der Waals surface area contributed by atoms with E-state index in [9.17, 15) is 18.0 Å². The number of rotatable bonds is 7. The average Bonchev–Trinajstić information content (AvgIpc) is 2.72. The Hall–Kier alpha value is -3.59. The lowest BCUT2D eigenvalue weighted by atomic mass is 10.1. The first-order valence-corrected chi connectivity index (χ1v) is 9.23. The molecule has 0 aliphatic rings. The minimum Gasteiger partial charge on any atom is -0.457 e. The highest BCUT2D eigenvalue weighted by molar-refractivity contribution is 5.98. The van der Waals surface area contributed by atoms with Gasteiger partial charge in [0.25, 0.3) is 5.91 Å². The molecule has 1 aromatic heterocycles. The van der Waals surface area contributed by atoms with Crippen LogP contribution >= 0.6 is 0 Å². The summed E-state index contributed by atoms with van der Waals surface area (Å²) in [6.07, 6.45) is -4.53. The van der Waals surface area contributed by atoms with Gasteiger partial charge in [0.15, 0.2) is 0 Å². The fourth-order valence-electron chi connectivity index (χ4n) is 2.85. The summed E-state index contributed by atoms with van der Waals surface area (Å²) < 4.78 is 49.9. The van der Waals surface area contributed by atoms with Gasteiger partial charge in [0.2, 0.25) is 0 Å². The van der Waals surface area contributed by atoms with Crippen molar-refractivity contribution in [3.63, 3.8) is 0 Å². The zero-order valence-corrected chi connectivity index (χ0v) is 16.6. The zero-order valence-electron chi connectivity index (χ0n) is 16.6. The number of pyridine rings is 1. The van der Waals surface area contributed by atoms with Crippen LogP contribution in [0.3, 0.4) is 0 Å². The van der Waals surface area contributed by atoms with Crippen molar-refractivity contribution in [2.45, 2.75) is 19.3 Å². The van der Waals surface area contributed by atoms with Crippen molar-refractivity contribution < 1.29 is 27.4 Å². The van der Waals surface area contributed by atoms with Crippen LogP contribution in [0, 0.1) is 0 Å². The minimum atomic E-state index is -4.53. The van der Waals surface area contributed by atoms with Crippen LogP contribution in [0.25, 0.3) is 0 Å². The summed E-state index contributed by atoms with van der Waals surface area (Å²) in [5.74, 6) is -0.435. The number of anilines is 1. The number of nitrogens with two attached hydrogens (primary N) is 1. The van der Waals surface area contributed by atoms with Gasteiger partial charge in [0, 0.05) is 13.7 Å². The van der Waals surface area contributed by atoms with Crippen molar-refractivity contribution >= 4 is 11.7 Å². The number of methoxy groups -OCH3 is 1. The number of nitrogen functional groups attached to an aromatic ring is 1. The molecule has 0 saturated heterocycles. The largest absolute Gasteiger partial charge is 0.457 e. The fourth-order valence-corrected chi connectivity index (χ4v) is 2.85. The van der Waals surface area contributed by atoms with E-state index in [0.717, 1.165) is 6.07 Å². The molecule has 3 aromatic rings. The van der Waals surface area contributed by atoms with Crippen LogP contribution in [0.15, 0.2) is 60.7 Å². The van der Waals surface area contributed by atoms with E-state index in [2.05, 4.69) is 10.3 Å². The highest BCUT2D eigenvalue weighted by Gasteiger charge is 2.34. The Morgan fingerprint density at radius 2 is 1.87 bits per heavy atom. The summed E-state index contributed by atoms with van der Waals surface area (Å²) in [6, 6.07) is 14.6.